The molecule has 0 aromatic heterocycles. The second-order valence-electron chi connectivity index (χ2n) is 3.52. The standard InChI is InChI=1S/C10H14O4/c1-6-4-3-5-7(10(13)14-2)8(6)9(11)12/h3-4,6-8H,5H2,1-2H3,(H,11,12)/t6-,7+,8-/m0/s1. The maximum absolute atomic E-state index is 11.3. The SMILES string of the molecule is COC(=O)[C@@H]1CC=C[C@H](C)[C@@H]1C(=O)O. The largest absolute Gasteiger partial charge is 0.481 e. The normalized spacial score (nSPS) is 31.1. The van der Waals surface area contributed by atoms with Gasteiger partial charge in [-0.2, -0.15) is 0 Å². The number of methoxy groups -OCH3 is 1. The highest BCUT2D eigenvalue weighted by Gasteiger charge is 2.38. The van der Waals surface area contributed by atoms with E-state index in [2.05, 4.69) is 4.74 Å². The van der Waals surface area contributed by atoms with E-state index in [9.17, 15) is 9.59 Å². The van der Waals surface area contributed by atoms with Gasteiger partial charge in [0.05, 0.1) is 18.9 Å². The molecule has 4 nitrogen and oxygen atoms in total. The van der Waals surface area contributed by atoms with Crippen LogP contribution in [0.3, 0.4) is 0 Å². The Morgan fingerprint density at radius 3 is 2.64 bits per heavy atom. The van der Waals surface area contributed by atoms with E-state index in [0.717, 1.165) is 0 Å². The van der Waals surface area contributed by atoms with Gasteiger partial charge in [-0.3, -0.25) is 9.59 Å². The van der Waals surface area contributed by atoms with E-state index >= 15 is 0 Å². The van der Waals surface area contributed by atoms with Crippen LogP contribution in [0, 0.1) is 17.8 Å². The topological polar surface area (TPSA) is 63.6 Å². The summed E-state index contributed by atoms with van der Waals surface area (Å²) in [6.45, 7) is 1.80. The van der Waals surface area contributed by atoms with Gasteiger partial charge in [0.25, 0.3) is 0 Å². The lowest BCUT2D eigenvalue weighted by molar-refractivity contribution is -0.157. The van der Waals surface area contributed by atoms with Crippen LogP contribution in [0.5, 0.6) is 0 Å². The van der Waals surface area contributed by atoms with E-state index in [0.29, 0.717) is 6.42 Å². The van der Waals surface area contributed by atoms with Gasteiger partial charge in [0.1, 0.15) is 0 Å². The lowest BCUT2D eigenvalue weighted by Gasteiger charge is -2.27. The lowest BCUT2D eigenvalue weighted by Crippen LogP contribution is -2.36. The summed E-state index contributed by atoms with van der Waals surface area (Å²) in [4.78, 5) is 22.3. The van der Waals surface area contributed by atoms with E-state index in [1.807, 2.05) is 12.2 Å². The van der Waals surface area contributed by atoms with Gasteiger partial charge < -0.3 is 9.84 Å². The number of carboxylic acids is 1. The summed E-state index contributed by atoms with van der Waals surface area (Å²) in [7, 11) is 1.28. The zero-order chi connectivity index (χ0) is 10.7. The molecule has 3 atom stereocenters. The predicted molar refractivity (Wildman–Crippen MR) is 49.6 cm³/mol. The number of hydrogen-bond donors (Lipinski definition) is 1. The summed E-state index contributed by atoms with van der Waals surface area (Å²) < 4.78 is 4.58. The fourth-order valence-electron chi connectivity index (χ4n) is 1.86. The predicted octanol–water partition coefficient (Wildman–Crippen LogP) is 1.07. The molecule has 0 aromatic rings. The average Bonchev–Trinajstić information content (AvgIpc) is 2.15. The summed E-state index contributed by atoms with van der Waals surface area (Å²) in [5.74, 6) is -2.69. The van der Waals surface area contributed by atoms with Crippen LogP contribution in [0.2, 0.25) is 0 Å². The molecule has 0 aliphatic heterocycles. The van der Waals surface area contributed by atoms with Gasteiger partial charge in [-0.15, -0.1) is 0 Å². The first kappa shape index (κ1) is 10.8. The summed E-state index contributed by atoms with van der Waals surface area (Å²) >= 11 is 0. The number of carbonyl (C=O) groups is 2. The van der Waals surface area contributed by atoms with Crippen molar-refractivity contribution in [3.8, 4) is 0 Å². The van der Waals surface area contributed by atoms with Crippen LogP contribution in [0.4, 0.5) is 0 Å². The highest BCUT2D eigenvalue weighted by Crippen LogP contribution is 2.31. The molecule has 0 spiro atoms. The number of carbonyl (C=O) groups excluding carboxylic acids is 1. The van der Waals surface area contributed by atoms with E-state index < -0.39 is 23.8 Å². The van der Waals surface area contributed by atoms with Gasteiger partial charge in [0.2, 0.25) is 0 Å². The molecule has 0 aromatic carbocycles. The molecule has 0 fully saturated rings. The van der Waals surface area contributed by atoms with Gasteiger partial charge in [0.15, 0.2) is 0 Å². The number of hydrogen-bond acceptors (Lipinski definition) is 3. The molecule has 0 bridgehead atoms. The van der Waals surface area contributed by atoms with Crippen LogP contribution in [0.15, 0.2) is 12.2 Å². The fourth-order valence-corrected chi connectivity index (χ4v) is 1.86. The molecule has 0 radical (unpaired) electrons. The third kappa shape index (κ3) is 1.95. The summed E-state index contributed by atoms with van der Waals surface area (Å²) in [6.07, 6.45) is 4.12. The van der Waals surface area contributed by atoms with Gasteiger partial charge >= 0.3 is 11.9 Å². The zero-order valence-electron chi connectivity index (χ0n) is 8.27. The quantitative estimate of drug-likeness (QED) is 0.532. The number of carboxylic acid groups (broad SMARTS) is 1. The fraction of sp³-hybridized carbons (Fsp3) is 0.600. The third-order valence-corrected chi connectivity index (χ3v) is 2.62. The maximum atomic E-state index is 11.3. The molecule has 1 aliphatic carbocycles. The van der Waals surface area contributed by atoms with Crippen LogP contribution in [-0.4, -0.2) is 24.2 Å². The summed E-state index contributed by atoms with van der Waals surface area (Å²) in [5, 5.41) is 8.98. The van der Waals surface area contributed by atoms with Gasteiger partial charge in [-0.1, -0.05) is 19.1 Å². The van der Waals surface area contributed by atoms with Crippen molar-refractivity contribution in [1.82, 2.24) is 0 Å². The number of rotatable bonds is 2. The summed E-state index contributed by atoms with van der Waals surface area (Å²) in [6, 6.07) is 0. The molecule has 78 valence electrons. The molecule has 0 saturated carbocycles. The Bertz CT molecular complexity index is 269. The van der Waals surface area contributed by atoms with Crippen molar-refractivity contribution in [3.63, 3.8) is 0 Å². The Hall–Kier alpha value is -1.32. The molecular formula is C10H14O4. The molecule has 0 saturated heterocycles. The van der Waals surface area contributed by atoms with Crippen LogP contribution < -0.4 is 0 Å². The Labute approximate surface area is 82.6 Å². The first-order valence-corrected chi connectivity index (χ1v) is 4.55. The number of aliphatic carboxylic acids is 1. The Balaban J connectivity index is 2.88. The first-order chi connectivity index (χ1) is 6.57. The van der Waals surface area contributed by atoms with Crippen molar-refractivity contribution < 1.29 is 19.4 Å². The minimum Gasteiger partial charge on any atom is -0.481 e. The number of allylic oxidation sites excluding steroid dienone is 2. The molecular weight excluding hydrogens is 184 g/mol. The summed E-state index contributed by atoms with van der Waals surface area (Å²) in [5.41, 5.74) is 0. The molecule has 0 heterocycles. The second-order valence-corrected chi connectivity index (χ2v) is 3.52. The van der Waals surface area contributed by atoms with Crippen LogP contribution in [0.25, 0.3) is 0 Å². The van der Waals surface area contributed by atoms with Crippen molar-refractivity contribution >= 4 is 11.9 Å². The van der Waals surface area contributed by atoms with Crippen LogP contribution in [0.1, 0.15) is 13.3 Å². The van der Waals surface area contributed by atoms with Crippen LogP contribution >= 0.6 is 0 Å². The van der Waals surface area contributed by atoms with Crippen molar-refractivity contribution in [2.75, 3.05) is 7.11 Å². The molecule has 1 aliphatic rings. The van der Waals surface area contributed by atoms with E-state index in [-0.39, 0.29) is 5.92 Å². The molecule has 14 heavy (non-hydrogen) atoms. The van der Waals surface area contributed by atoms with Crippen molar-refractivity contribution in [2.45, 2.75) is 13.3 Å². The molecule has 0 unspecified atom stereocenters. The highest BCUT2D eigenvalue weighted by atomic mass is 16.5. The molecule has 4 heteroatoms. The number of ether oxygens (including phenoxy) is 1. The number of esters is 1. The monoisotopic (exact) mass is 198 g/mol. The van der Waals surface area contributed by atoms with Crippen molar-refractivity contribution in [3.05, 3.63) is 12.2 Å². The smallest absolute Gasteiger partial charge is 0.309 e. The minimum absolute atomic E-state index is 0.120. The Kier molecular flexibility index (Phi) is 3.28. The average molecular weight is 198 g/mol. The third-order valence-electron chi connectivity index (χ3n) is 2.62. The van der Waals surface area contributed by atoms with Gasteiger partial charge in [-0.05, 0) is 12.3 Å². The molecule has 1 N–H and O–H groups in total. The van der Waals surface area contributed by atoms with Gasteiger partial charge in [0, 0.05) is 0 Å². The minimum atomic E-state index is -0.933. The Morgan fingerprint density at radius 2 is 2.14 bits per heavy atom. The van der Waals surface area contributed by atoms with E-state index in [1.165, 1.54) is 7.11 Å². The molecule has 0 amide bonds. The first-order valence-electron chi connectivity index (χ1n) is 4.55. The lowest BCUT2D eigenvalue weighted by atomic mass is 9.77. The van der Waals surface area contributed by atoms with Crippen LogP contribution in [-0.2, 0) is 14.3 Å². The maximum Gasteiger partial charge on any atom is 0.309 e. The van der Waals surface area contributed by atoms with Crippen molar-refractivity contribution in [2.24, 2.45) is 17.8 Å². The van der Waals surface area contributed by atoms with Crippen molar-refractivity contribution in [1.29, 1.82) is 0 Å². The van der Waals surface area contributed by atoms with E-state index in [4.69, 9.17) is 5.11 Å². The Morgan fingerprint density at radius 1 is 1.50 bits per heavy atom. The van der Waals surface area contributed by atoms with E-state index in [1.54, 1.807) is 6.92 Å². The molecule has 1 rings (SSSR count). The second kappa shape index (κ2) is 4.26. The van der Waals surface area contributed by atoms with Gasteiger partial charge in [-0.25, -0.2) is 0 Å². The zero-order valence-corrected chi connectivity index (χ0v) is 8.27. The highest BCUT2D eigenvalue weighted by molar-refractivity contribution is 5.82.